The van der Waals surface area contributed by atoms with Gasteiger partial charge < -0.3 is 16.4 Å². The van der Waals surface area contributed by atoms with Crippen molar-refractivity contribution in [2.24, 2.45) is 5.73 Å². The number of unbranched alkanes of at least 4 members (excludes halogenated alkanes) is 13. The second-order valence-electron chi connectivity index (χ2n) is 7.39. The van der Waals surface area contributed by atoms with Gasteiger partial charge in [0.05, 0.1) is 0 Å². The normalized spacial score (nSPS) is 10.7. The van der Waals surface area contributed by atoms with Crippen molar-refractivity contribution < 1.29 is 4.79 Å². The zero-order valence-corrected chi connectivity index (χ0v) is 17.2. The smallest absolute Gasteiger partial charge is 0.219 e. The highest BCUT2D eigenvalue weighted by Gasteiger charge is 2.00. The van der Waals surface area contributed by atoms with Crippen molar-refractivity contribution in [3.05, 3.63) is 0 Å². The summed E-state index contributed by atoms with van der Waals surface area (Å²) in [5.41, 5.74) is 5.20. The third kappa shape index (κ3) is 20.8. The minimum Gasteiger partial charge on any atom is -0.370 e. The SMILES string of the molecule is CCCCCCCCCCCCCCCC(=O)NCCCCNC(=N)N. The molecule has 0 rings (SSSR count). The minimum absolute atomic E-state index is 0.0106. The Morgan fingerprint density at radius 1 is 0.692 bits per heavy atom. The first-order valence-electron chi connectivity index (χ1n) is 11.0. The Kier molecular flexibility index (Phi) is 19.1. The highest BCUT2D eigenvalue weighted by atomic mass is 16.1. The number of rotatable bonds is 19. The Labute approximate surface area is 161 Å². The first kappa shape index (κ1) is 24.7. The van der Waals surface area contributed by atoms with Crippen LogP contribution in [0.1, 0.15) is 110 Å². The van der Waals surface area contributed by atoms with Gasteiger partial charge in [-0.05, 0) is 19.3 Å². The van der Waals surface area contributed by atoms with Crippen molar-refractivity contribution in [3.8, 4) is 0 Å². The van der Waals surface area contributed by atoms with Crippen LogP contribution in [0, 0.1) is 5.41 Å². The molecule has 0 heterocycles. The summed E-state index contributed by atoms with van der Waals surface area (Å²) in [6.45, 7) is 3.69. The van der Waals surface area contributed by atoms with Crippen LogP contribution in [-0.4, -0.2) is 25.0 Å². The van der Waals surface area contributed by atoms with Crippen LogP contribution in [0.15, 0.2) is 0 Å². The maximum absolute atomic E-state index is 11.7. The number of nitrogens with one attached hydrogen (secondary N) is 3. The van der Waals surface area contributed by atoms with Crippen LogP contribution in [0.5, 0.6) is 0 Å². The standard InChI is InChI=1S/C21H44N4O/c1-2-3-4-5-6-7-8-9-10-11-12-13-14-17-20(26)24-18-15-16-19-25-21(22)23/h2-19H2,1H3,(H,24,26)(H4,22,23,25). The van der Waals surface area contributed by atoms with Gasteiger partial charge in [0.1, 0.15) is 0 Å². The lowest BCUT2D eigenvalue weighted by Crippen LogP contribution is -2.31. The number of nitrogens with two attached hydrogens (primary N) is 1. The quantitative estimate of drug-likeness (QED) is 0.149. The van der Waals surface area contributed by atoms with E-state index in [9.17, 15) is 4.79 Å². The second-order valence-corrected chi connectivity index (χ2v) is 7.39. The molecule has 5 nitrogen and oxygen atoms in total. The number of amides is 1. The lowest BCUT2D eigenvalue weighted by molar-refractivity contribution is -0.121. The van der Waals surface area contributed by atoms with Crippen molar-refractivity contribution in [3.63, 3.8) is 0 Å². The Morgan fingerprint density at radius 3 is 1.58 bits per heavy atom. The highest BCUT2D eigenvalue weighted by Crippen LogP contribution is 2.12. The monoisotopic (exact) mass is 368 g/mol. The van der Waals surface area contributed by atoms with Crippen LogP contribution in [0.25, 0.3) is 0 Å². The number of carbonyl (C=O) groups is 1. The van der Waals surface area contributed by atoms with E-state index in [-0.39, 0.29) is 11.9 Å². The first-order chi connectivity index (χ1) is 12.7. The molecule has 154 valence electrons. The van der Waals surface area contributed by atoms with Gasteiger partial charge in [-0.2, -0.15) is 0 Å². The number of hydrogen-bond donors (Lipinski definition) is 4. The summed E-state index contributed by atoms with van der Waals surface area (Å²) >= 11 is 0. The summed E-state index contributed by atoms with van der Waals surface area (Å²) in [6, 6.07) is 0. The molecule has 0 saturated carbocycles. The van der Waals surface area contributed by atoms with Gasteiger partial charge in [-0.1, -0.05) is 84.0 Å². The fraction of sp³-hybridized carbons (Fsp3) is 0.905. The van der Waals surface area contributed by atoms with E-state index in [1.807, 2.05) is 0 Å². The summed E-state index contributed by atoms with van der Waals surface area (Å²) in [5.74, 6) is 0.184. The van der Waals surface area contributed by atoms with Gasteiger partial charge in [0.25, 0.3) is 0 Å². The number of carbonyl (C=O) groups excluding carboxylic acids is 1. The fourth-order valence-electron chi connectivity index (χ4n) is 3.09. The van der Waals surface area contributed by atoms with Gasteiger partial charge >= 0.3 is 0 Å². The van der Waals surface area contributed by atoms with Crippen molar-refractivity contribution in [2.75, 3.05) is 13.1 Å². The molecule has 0 aromatic heterocycles. The third-order valence-electron chi connectivity index (χ3n) is 4.75. The second kappa shape index (κ2) is 20.1. The van der Waals surface area contributed by atoms with E-state index in [1.54, 1.807) is 0 Å². The minimum atomic E-state index is 0.0106. The van der Waals surface area contributed by atoms with Crippen LogP contribution in [-0.2, 0) is 4.79 Å². The molecule has 0 saturated heterocycles. The molecular formula is C21H44N4O. The molecule has 5 heteroatoms. The van der Waals surface area contributed by atoms with Crippen LogP contribution in [0.2, 0.25) is 0 Å². The predicted octanol–water partition coefficient (Wildman–Crippen LogP) is 4.85. The highest BCUT2D eigenvalue weighted by molar-refractivity contribution is 5.75. The number of hydrogen-bond acceptors (Lipinski definition) is 2. The molecule has 0 fully saturated rings. The molecule has 0 aliphatic rings. The molecule has 0 unspecified atom stereocenters. The molecule has 0 radical (unpaired) electrons. The maximum atomic E-state index is 11.7. The third-order valence-corrected chi connectivity index (χ3v) is 4.75. The van der Waals surface area contributed by atoms with Crippen LogP contribution < -0.4 is 16.4 Å². The molecule has 0 atom stereocenters. The van der Waals surface area contributed by atoms with Crippen LogP contribution >= 0.6 is 0 Å². The van der Waals surface area contributed by atoms with Crippen molar-refractivity contribution in [1.82, 2.24) is 10.6 Å². The molecule has 0 aromatic rings. The topological polar surface area (TPSA) is 91.0 Å². The van der Waals surface area contributed by atoms with E-state index in [0.29, 0.717) is 13.0 Å². The van der Waals surface area contributed by atoms with E-state index in [4.69, 9.17) is 11.1 Å². The molecule has 26 heavy (non-hydrogen) atoms. The van der Waals surface area contributed by atoms with Gasteiger partial charge in [-0.25, -0.2) is 0 Å². The lowest BCUT2D eigenvalue weighted by Gasteiger charge is -2.06. The zero-order chi connectivity index (χ0) is 19.3. The summed E-state index contributed by atoms with van der Waals surface area (Å²) in [4.78, 5) is 11.7. The average molecular weight is 369 g/mol. The summed E-state index contributed by atoms with van der Waals surface area (Å²) in [6.07, 6.45) is 19.8. The van der Waals surface area contributed by atoms with Crippen LogP contribution in [0.3, 0.4) is 0 Å². The molecule has 0 bridgehead atoms. The van der Waals surface area contributed by atoms with E-state index < -0.39 is 0 Å². The molecule has 5 N–H and O–H groups in total. The average Bonchev–Trinajstić information content (AvgIpc) is 2.61. The van der Waals surface area contributed by atoms with Crippen molar-refractivity contribution in [1.29, 1.82) is 5.41 Å². The molecule has 0 aromatic carbocycles. The molecule has 1 amide bonds. The van der Waals surface area contributed by atoms with Gasteiger partial charge in [-0.15, -0.1) is 0 Å². The molecular weight excluding hydrogens is 324 g/mol. The van der Waals surface area contributed by atoms with E-state index in [0.717, 1.165) is 25.8 Å². The summed E-state index contributed by atoms with van der Waals surface area (Å²) in [7, 11) is 0. The van der Waals surface area contributed by atoms with Gasteiger partial charge in [0.15, 0.2) is 5.96 Å². The maximum Gasteiger partial charge on any atom is 0.219 e. The fourth-order valence-corrected chi connectivity index (χ4v) is 3.09. The molecule has 0 aliphatic carbocycles. The summed E-state index contributed by atoms with van der Waals surface area (Å²) < 4.78 is 0. The Bertz CT molecular complexity index is 334. The van der Waals surface area contributed by atoms with E-state index in [2.05, 4.69) is 17.6 Å². The van der Waals surface area contributed by atoms with E-state index in [1.165, 1.54) is 77.0 Å². The summed E-state index contributed by atoms with van der Waals surface area (Å²) in [5, 5.41) is 12.8. The Morgan fingerprint density at radius 2 is 1.12 bits per heavy atom. The zero-order valence-electron chi connectivity index (χ0n) is 17.2. The van der Waals surface area contributed by atoms with Gasteiger partial charge in [0.2, 0.25) is 5.91 Å². The molecule has 0 aliphatic heterocycles. The molecule has 0 spiro atoms. The Hall–Kier alpha value is -1.26. The lowest BCUT2D eigenvalue weighted by atomic mass is 10.0. The largest absolute Gasteiger partial charge is 0.370 e. The number of guanidine groups is 1. The van der Waals surface area contributed by atoms with Gasteiger partial charge in [-0.3, -0.25) is 10.2 Å². The Balaban J connectivity index is 3.15. The van der Waals surface area contributed by atoms with Crippen molar-refractivity contribution in [2.45, 2.75) is 110 Å². The van der Waals surface area contributed by atoms with E-state index >= 15 is 0 Å². The van der Waals surface area contributed by atoms with Gasteiger partial charge in [0, 0.05) is 19.5 Å². The van der Waals surface area contributed by atoms with Crippen LogP contribution in [0.4, 0.5) is 0 Å². The van der Waals surface area contributed by atoms with Crippen molar-refractivity contribution >= 4 is 11.9 Å². The predicted molar refractivity (Wildman–Crippen MR) is 112 cm³/mol. The first-order valence-corrected chi connectivity index (χ1v) is 11.0.